The lowest BCUT2D eigenvalue weighted by Crippen LogP contribution is -2.77. The van der Waals surface area contributed by atoms with Gasteiger partial charge in [-0.05, 0) is 144 Å². The molecule has 2 heterocycles. The van der Waals surface area contributed by atoms with Gasteiger partial charge in [0.15, 0.2) is 8.07 Å². The minimum absolute atomic E-state index is 1.08. The van der Waals surface area contributed by atoms with Crippen LogP contribution in [-0.4, -0.2) is 12.6 Å². The SMILES string of the molecule is c1ccc(-c2ccc(N(c3ccc(-c4ccc(-c5cccc6c5[Si](c5ccccc5)(c5ccccc5)c5c(n(-c7ccccc7)c7ccccc57)N6c5ccccc5)cc4)cc3)c3ccc(-c4ccccc4-c4ccccc4)cc3)cc2)cc1. The van der Waals surface area contributed by atoms with Crippen molar-refractivity contribution in [3.8, 4) is 61.3 Å². The third-order valence-corrected chi connectivity index (χ3v) is 21.8. The highest BCUT2D eigenvalue weighted by Crippen LogP contribution is 2.46. The van der Waals surface area contributed by atoms with Crippen molar-refractivity contribution in [1.82, 2.24) is 4.57 Å². The van der Waals surface area contributed by atoms with E-state index in [1.807, 2.05) is 0 Å². The van der Waals surface area contributed by atoms with E-state index in [2.05, 4.69) is 360 Å². The molecule has 14 aromatic rings. The first kappa shape index (κ1) is 50.2. The molecule has 0 saturated carbocycles. The van der Waals surface area contributed by atoms with Crippen molar-refractivity contribution >= 4 is 74.0 Å². The average molecular weight is 1090 g/mol. The van der Waals surface area contributed by atoms with Gasteiger partial charge in [0.05, 0.1) is 5.52 Å². The van der Waals surface area contributed by atoms with Crippen molar-refractivity contribution < 1.29 is 0 Å². The van der Waals surface area contributed by atoms with Gasteiger partial charge in [0, 0.05) is 44.7 Å². The maximum Gasteiger partial charge on any atom is 0.187 e. The van der Waals surface area contributed by atoms with Crippen molar-refractivity contribution in [3.63, 3.8) is 0 Å². The second-order valence-electron chi connectivity index (χ2n) is 21.6. The molecule has 396 valence electrons. The van der Waals surface area contributed by atoms with Gasteiger partial charge in [-0.3, -0.25) is 9.47 Å². The Hall–Kier alpha value is -10.8. The van der Waals surface area contributed by atoms with Crippen LogP contribution < -0.4 is 30.5 Å². The van der Waals surface area contributed by atoms with Crippen molar-refractivity contribution in [2.45, 2.75) is 0 Å². The quantitative estimate of drug-likeness (QED) is 0.113. The third kappa shape index (κ3) is 8.67. The molecule has 1 aromatic heterocycles. The van der Waals surface area contributed by atoms with E-state index in [1.54, 1.807) is 0 Å². The van der Waals surface area contributed by atoms with Crippen molar-refractivity contribution in [2.24, 2.45) is 0 Å². The van der Waals surface area contributed by atoms with Crippen LogP contribution in [0.2, 0.25) is 0 Å². The third-order valence-electron chi connectivity index (χ3n) is 16.9. The highest BCUT2D eigenvalue weighted by molar-refractivity contribution is 7.23. The number of nitrogens with zero attached hydrogens (tertiary/aromatic N) is 3. The fraction of sp³-hybridized carbons (Fsp3) is 0. The van der Waals surface area contributed by atoms with Gasteiger partial charge in [0.25, 0.3) is 0 Å². The number of aromatic nitrogens is 1. The molecular formula is C80H57N3Si. The molecule has 0 amide bonds. The maximum atomic E-state index is 2.55. The van der Waals surface area contributed by atoms with Crippen LogP contribution in [-0.2, 0) is 0 Å². The topological polar surface area (TPSA) is 11.4 Å². The Balaban J connectivity index is 0.855. The van der Waals surface area contributed by atoms with Gasteiger partial charge >= 0.3 is 0 Å². The first-order valence-electron chi connectivity index (χ1n) is 28.9. The van der Waals surface area contributed by atoms with E-state index in [0.717, 1.165) is 39.6 Å². The lowest BCUT2D eigenvalue weighted by atomic mass is 9.94. The van der Waals surface area contributed by atoms with E-state index in [4.69, 9.17) is 0 Å². The Bertz CT molecular complexity index is 4550. The van der Waals surface area contributed by atoms with E-state index in [1.165, 1.54) is 87.7 Å². The largest absolute Gasteiger partial charge is 0.311 e. The highest BCUT2D eigenvalue weighted by atomic mass is 28.3. The van der Waals surface area contributed by atoms with Gasteiger partial charge < -0.3 is 4.90 Å². The number of para-hydroxylation sites is 3. The smallest absolute Gasteiger partial charge is 0.187 e. The molecule has 0 bridgehead atoms. The number of benzene rings is 13. The van der Waals surface area contributed by atoms with Crippen molar-refractivity contribution in [3.05, 3.63) is 346 Å². The predicted molar refractivity (Wildman–Crippen MR) is 357 cm³/mol. The number of fused-ring (bicyclic) bond motifs is 4. The van der Waals surface area contributed by atoms with Gasteiger partial charge in [-0.1, -0.05) is 273 Å². The van der Waals surface area contributed by atoms with Crippen molar-refractivity contribution in [2.75, 3.05) is 9.80 Å². The summed E-state index contributed by atoms with van der Waals surface area (Å²) in [5.41, 5.74) is 19.8. The maximum absolute atomic E-state index is 3.23. The molecule has 0 aliphatic carbocycles. The Morgan fingerprint density at radius 2 is 0.607 bits per heavy atom. The summed E-state index contributed by atoms with van der Waals surface area (Å²) >= 11 is 0. The first-order valence-corrected chi connectivity index (χ1v) is 30.9. The van der Waals surface area contributed by atoms with Gasteiger partial charge in [-0.2, -0.15) is 0 Å². The Morgan fingerprint density at radius 3 is 1.13 bits per heavy atom. The average Bonchev–Trinajstić information content (AvgIpc) is 1.78. The number of hydrogen-bond acceptors (Lipinski definition) is 2. The minimum Gasteiger partial charge on any atom is -0.311 e. The van der Waals surface area contributed by atoms with E-state index in [9.17, 15) is 0 Å². The lowest BCUT2D eigenvalue weighted by Gasteiger charge is -2.45. The molecule has 15 rings (SSSR count). The summed E-state index contributed by atoms with van der Waals surface area (Å²) in [6, 6.07) is 127. The molecule has 0 saturated heterocycles. The van der Waals surface area contributed by atoms with Crippen LogP contribution in [0.1, 0.15) is 0 Å². The molecule has 13 aromatic carbocycles. The zero-order valence-corrected chi connectivity index (χ0v) is 47.3. The molecule has 0 fully saturated rings. The summed E-state index contributed by atoms with van der Waals surface area (Å²) in [7, 11) is -3.23. The van der Waals surface area contributed by atoms with E-state index in [-0.39, 0.29) is 0 Å². The van der Waals surface area contributed by atoms with Gasteiger partial charge in [-0.15, -0.1) is 0 Å². The summed E-state index contributed by atoms with van der Waals surface area (Å²) in [5, 5.41) is 6.71. The molecule has 0 spiro atoms. The van der Waals surface area contributed by atoms with Crippen LogP contribution in [0.3, 0.4) is 0 Å². The summed E-state index contributed by atoms with van der Waals surface area (Å²) < 4.78 is 2.52. The molecule has 0 unspecified atom stereocenters. The standard InChI is InChI=1S/C80H57N3Si/c1-7-24-58(25-8-1)60-46-52-67(53-47-60)81(69-56-50-63(51-57-69)73-37-20-19-36-72(73)62-26-9-2-10-27-62)68-54-48-61(49-55-68)59-42-44-64(45-43-59)74-39-23-41-77-78(74)84(70-32-15-5-16-33-70,71-34-17-6-18-35-71)79-75-38-21-22-40-76(75)82(65-28-11-3-12-29-65)80(79)83(77)66-30-13-4-14-31-66/h1-57H. The molecule has 1 aliphatic heterocycles. The number of anilines is 6. The Morgan fingerprint density at radius 1 is 0.250 bits per heavy atom. The minimum atomic E-state index is -3.23. The summed E-state index contributed by atoms with van der Waals surface area (Å²) in [6.45, 7) is 0. The molecule has 1 aliphatic rings. The van der Waals surface area contributed by atoms with Crippen LogP contribution in [0, 0.1) is 0 Å². The van der Waals surface area contributed by atoms with Gasteiger partial charge in [-0.25, -0.2) is 0 Å². The second kappa shape index (κ2) is 21.6. The zero-order chi connectivity index (χ0) is 55.8. The predicted octanol–water partition coefficient (Wildman–Crippen LogP) is 18.6. The molecular weight excluding hydrogens is 1030 g/mol. The molecule has 84 heavy (non-hydrogen) atoms. The monoisotopic (exact) mass is 1090 g/mol. The fourth-order valence-corrected chi connectivity index (χ4v) is 18.6. The molecule has 0 N–H and O–H groups in total. The zero-order valence-electron chi connectivity index (χ0n) is 46.3. The van der Waals surface area contributed by atoms with Crippen LogP contribution in [0.25, 0.3) is 72.2 Å². The van der Waals surface area contributed by atoms with E-state index < -0.39 is 8.07 Å². The van der Waals surface area contributed by atoms with E-state index in [0.29, 0.717) is 0 Å². The van der Waals surface area contributed by atoms with Gasteiger partial charge in [0.2, 0.25) is 0 Å². The molecule has 3 nitrogen and oxygen atoms in total. The first-order chi connectivity index (χ1) is 41.7. The summed E-state index contributed by atoms with van der Waals surface area (Å²) in [4.78, 5) is 4.92. The highest BCUT2D eigenvalue weighted by Gasteiger charge is 2.53. The lowest BCUT2D eigenvalue weighted by molar-refractivity contribution is 1.08. The second-order valence-corrected chi connectivity index (χ2v) is 25.2. The fourth-order valence-electron chi connectivity index (χ4n) is 13.1. The van der Waals surface area contributed by atoms with Crippen LogP contribution >= 0.6 is 0 Å². The number of hydrogen-bond donors (Lipinski definition) is 0. The Kier molecular flexibility index (Phi) is 12.9. The Labute approximate surface area is 492 Å². The molecule has 0 radical (unpaired) electrons. The molecule has 4 heteroatoms. The summed E-state index contributed by atoms with van der Waals surface area (Å²) in [5.74, 6) is 1.18. The van der Waals surface area contributed by atoms with Crippen LogP contribution in [0.4, 0.5) is 34.3 Å². The van der Waals surface area contributed by atoms with Crippen molar-refractivity contribution in [1.29, 1.82) is 0 Å². The van der Waals surface area contributed by atoms with Crippen LogP contribution in [0.15, 0.2) is 346 Å². The van der Waals surface area contributed by atoms with Crippen LogP contribution in [0.5, 0.6) is 0 Å². The summed E-state index contributed by atoms with van der Waals surface area (Å²) in [6.07, 6.45) is 0. The van der Waals surface area contributed by atoms with E-state index >= 15 is 0 Å². The normalized spacial score (nSPS) is 12.4. The molecule has 0 atom stereocenters. The van der Waals surface area contributed by atoms with Gasteiger partial charge in [0.1, 0.15) is 5.82 Å². The number of rotatable bonds is 12.